The van der Waals surface area contributed by atoms with Gasteiger partial charge in [0.25, 0.3) is 0 Å². The monoisotopic (exact) mass is 364 g/mol. The van der Waals surface area contributed by atoms with Gasteiger partial charge in [-0.1, -0.05) is 48.0 Å². The second-order valence-electron chi connectivity index (χ2n) is 5.38. The first kappa shape index (κ1) is 15.9. The number of pyridine rings is 1. The van der Waals surface area contributed by atoms with Crippen molar-refractivity contribution in [1.29, 1.82) is 0 Å². The summed E-state index contributed by atoms with van der Waals surface area (Å²) in [6.45, 7) is 0. The van der Waals surface area contributed by atoms with Gasteiger partial charge in [-0.25, -0.2) is 15.0 Å². The molecule has 0 spiro atoms. The molecule has 0 aliphatic rings. The third kappa shape index (κ3) is 3.29. The maximum Gasteiger partial charge on any atom is 0.194 e. The topological polar surface area (TPSA) is 64.7 Å². The van der Waals surface area contributed by atoms with Crippen molar-refractivity contribution in [2.24, 2.45) is 0 Å². The molecule has 0 saturated heterocycles. The van der Waals surface area contributed by atoms with E-state index in [1.807, 2.05) is 60.7 Å². The molecule has 0 aliphatic carbocycles. The molecule has 0 amide bonds. The summed E-state index contributed by atoms with van der Waals surface area (Å²) in [7, 11) is 0. The molecule has 4 aromatic rings. The van der Waals surface area contributed by atoms with Crippen molar-refractivity contribution in [3.63, 3.8) is 0 Å². The van der Waals surface area contributed by atoms with E-state index >= 15 is 0 Å². The summed E-state index contributed by atoms with van der Waals surface area (Å²) >= 11 is 7.77. The number of anilines is 1. The van der Waals surface area contributed by atoms with E-state index in [1.165, 1.54) is 11.8 Å². The molecule has 6 heteroatoms. The van der Waals surface area contributed by atoms with Gasteiger partial charge in [-0.15, -0.1) is 0 Å². The molecule has 0 atom stereocenters. The average molecular weight is 365 g/mol. The first-order chi connectivity index (χ1) is 12.2. The maximum atomic E-state index is 6.28. The highest BCUT2D eigenvalue weighted by Gasteiger charge is 2.11. The Morgan fingerprint density at radius 2 is 1.64 bits per heavy atom. The van der Waals surface area contributed by atoms with Crippen molar-refractivity contribution in [3.8, 4) is 11.1 Å². The van der Waals surface area contributed by atoms with Gasteiger partial charge in [0.05, 0.1) is 0 Å². The van der Waals surface area contributed by atoms with Crippen molar-refractivity contribution in [3.05, 3.63) is 71.9 Å². The van der Waals surface area contributed by atoms with E-state index < -0.39 is 0 Å². The first-order valence-electron chi connectivity index (χ1n) is 7.62. The van der Waals surface area contributed by atoms with Crippen LogP contribution in [-0.2, 0) is 0 Å². The molecule has 2 N–H and O–H groups in total. The van der Waals surface area contributed by atoms with Crippen LogP contribution < -0.4 is 5.73 Å². The Hall–Kier alpha value is -2.63. The third-order valence-electron chi connectivity index (χ3n) is 3.69. The highest BCUT2D eigenvalue weighted by atomic mass is 35.5. The number of nitrogen functional groups attached to an aromatic ring is 1. The number of benzene rings is 2. The molecule has 0 aliphatic heterocycles. The second kappa shape index (κ2) is 6.70. The van der Waals surface area contributed by atoms with Crippen LogP contribution in [0.25, 0.3) is 22.2 Å². The SMILES string of the molecule is Nc1nc2nc(Sc3ccccc3)ncc2cc1-c1ccccc1Cl. The zero-order chi connectivity index (χ0) is 17.2. The van der Waals surface area contributed by atoms with Gasteiger partial charge in [0.1, 0.15) is 5.82 Å². The molecule has 2 aromatic carbocycles. The van der Waals surface area contributed by atoms with Crippen molar-refractivity contribution in [2.75, 3.05) is 5.73 Å². The molecule has 0 radical (unpaired) electrons. The molecule has 2 heterocycles. The van der Waals surface area contributed by atoms with E-state index in [0.29, 0.717) is 21.6 Å². The zero-order valence-electron chi connectivity index (χ0n) is 13.1. The Kier molecular flexibility index (Phi) is 4.26. The molecular formula is C19H13ClN4S. The van der Waals surface area contributed by atoms with Crippen LogP contribution in [0.15, 0.2) is 76.9 Å². The molecule has 4 nitrogen and oxygen atoms in total. The summed E-state index contributed by atoms with van der Waals surface area (Å²) in [5, 5.41) is 2.09. The van der Waals surface area contributed by atoms with Gasteiger partial charge in [-0.2, -0.15) is 0 Å². The van der Waals surface area contributed by atoms with E-state index in [2.05, 4.69) is 15.0 Å². The summed E-state index contributed by atoms with van der Waals surface area (Å²) in [6, 6.07) is 19.4. The smallest absolute Gasteiger partial charge is 0.194 e. The number of halogens is 1. The van der Waals surface area contributed by atoms with Gasteiger partial charge in [-0.3, -0.25) is 0 Å². The summed E-state index contributed by atoms with van der Waals surface area (Å²) in [5.74, 6) is 0.398. The fraction of sp³-hybridized carbons (Fsp3) is 0. The van der Waals surface area contributed by atoms with Crippen molar-refractivity contribution >= 4 is 40.2 Å². The minimum atomic E-state index is 0.398. The number of aromatic nitrogens is 3. The van der Waals surface area contributed by atoms with Gasteiger partial charge in [0, 0.05) is 32.6 Å². The van der Waals surface area contributed by atoms with E-state index in [-0.39, 0.29) is 0 Å². The maximum absolute atomic E-state index is 6.28. The number of hydrogen-bond acceptors (Lipinski definition) is 5. The Bertz CT molecular complexity index is 1050. The predicted octanol–water partition coefficient (Wildman–Crippen LogP) is 5.08. The summed E-state index contributed by atoms with van der Waals surface area (Å²) in [6.07, 6.45) is 1.76. The number of fused-ring (bicyclic) bond motifs is 1. The lowest BCUT2D eigenvalue weighted by molar-refractivity contribution is 0.989. The van der Waals surface area contributed by atoms with Crippen LogP contribution in [0.1, 0.15) is 0 Å². The van der Waals surface area contributed by atoms with Crippen LogP contribution in [0.4, 0.5) is 5.82 Å². The Labute approximate surface area is 154 Å². The highest BCUT2D eigenvalue weighted by Crippen LogP contribution is 2.33. The second-order valence-corrected chi connectivity index (χ2v) is 6.83. The van der Waals surface area contributed by atoms with E-state index in [1.54, 1.807) is 6.20 Å². The molecule has 122 valence electrons. The van der Waals surface area contributed by atoms with Gasteiger partial charge in [-0.05, 0) is 36.0 Å². The minimum Gasteiger partial charge on any atom is -0.383 e. The Morgan fingerprint density at radius 3 is 2.44 bits per heavy atom. The average Bonchev–Trinajstić information content (AvgIpc) is 2.63. The molecule has 0 saturated carbocycles. The zero-order valence-corrected chi connectivity index (χ0v) is 14.6. The summed E-state index contributed by atoms with van der Waals surface area (Å²) in [5.41, 5.74) is 8.35. The van der Waals surface area contributed by atoms with Crippen molar-refractivity contribution in [1.82, 2.24) is 15.0 Å². The molecule has 0 unspecified atom stereocenters. The Balaban J connectivity index is 1.75. The van der Waals surface area contributed by atoms with Crippen LogP contribution in [0, 0.1) is 0 Å². The number of nitrogens with two attached hydrogens (primary N) is 1. The largest absolute Gasteiger partial charge is 0.383 e. The van der Waals surface area contributed by atoms with Crippen molar-refractivity contribution < 1.29 is 0 Å². The van der Waals surface area contributed by atoms with Gasteiger partial charge in [0.2, 0.25) is 0 Å². The van der Waals surface area contributed by atoms with Crippen LogP contribution in [0.3, 0.4) is 0 Å². The Morgan fingerprint density at radius 1 is 0.880 bits per heavy atom. The van der Waals surface area contributed by atoms with Crippen LogP contribution in [0.2, 0.25) is 5.02 Å². The molecular weight excluding hydrogens is 352 g/mol. The standard InChI is InChI=1S/C19H13ClN4S/c20-16-9-5-4-8-14(16)15-10-12-11-22-19(24-18(12)23-17(15)21)25-13-6-2-1-3-7-13/h1-11H,(H2,21,22,23,24). The summed E-state index contributed by atoms with van der Waals surface area (Å²) < 4.78 is 0. The number of nitrogens with zero attached hydrogens (tertiary/aromatic N) is 3. The third-order valence-corrected chi connectivity index (χ3v) is 4.91. The van der Waals surface area contributed by atoms with Gasteiger partial charge >= 0.3 is 0 Å². The first-order valence-corrected chi connectivity index (χ1v) is 8.81. The fourth-order valence-corrected chi connectivity index (χ4v) is 3.48. The van der Waals surface area contributed by atoms with Gasteiger partial charge in [0.15, 0.2) is 10.8 Å². The minimum absolute atomic E-state index is 0.398. The molecule has 0 fully saturated rings. The quantitative estimate of drug-likeness (QED) is 0.513. The predicted molar refractivity (Wildman–Crippen MR) is 103 cm³/mol. The normalized spacial score (nSPS) is 10.9. The number of rotatable bonds is 3. The van der Waals surface area contributed by atoms with E-state index in [0.717, 1.165) is 21.4 Å². The molecule has 4 rings (SSSR count). The lowest BCUT2D eigenvalue weighted by Crippen LogP contribution is -1.98. The molecule has 0 bridgehead atoms. The fourth-order valence-electron chi connectivity index (χ4n) is 2.50. The molecule has 2 aromatic heterocycles. The van der Waals surface area contributed by atoms with Crippen molar-refractivity contribution in [2.45, 2.75) is 10.1 Å². The van der Waals surface area contributed by atoms with Crippen LogP contribution >= 0.6 is 23.4 Å². The lowest BCUT2D eigenvalue weighted by Gasteiger charge is -2.09. The lowest BCUT2D eigenvalue weighted by atomic mass is 10.1. The van der Waals surface area contributed by atoms with Crippen LogP contribution in [0.5, 0.6) is 0 Å². The van der Waals surface area contributed by atoms with E-state index in [4.69, 9.17) is 17.3 Å². The molecule has 25 heavy (non-hydrogen) atoms. The summed E-state index contributed by atoms with van der Waals surface area (Å²) in [4.78, 5) is 14.5. The highest BCUT2D eigenvalue weighted by molar-refractivity contribution is 7.99. The van der Waals surface area contributed by atoms with E-state index in [9.17, 15) is 0 Å². The van der Waals surface area contributed by atoms with Crippen LogP contribution in [-0.4, -0.2) is 15.0 Å². The van der Waals surface area contributed by atoms with Gasteiger partial charge < -0.3 is 5.73 Å². The number of hydrogen-bond donors (Lipinski definition) is 1.